The van der Waals surface area contributed by atoms with Gasteiger partial charge in [0.25, 0.3) is 0 Å². The maximum Gasteiger partial charge on any atom is 0.133 e. The zero-order valence-electron chi connectivity index (χ0n) is 21.5. The lowest BCUT2D eigenvalue weighted by Gasteiger charge is -2.37. The highest BCUT2D eigenvalue weighted by molar-refractivity contribution is 6.11. The van der Waals surface area contributed by atoms with Crippen molar-refractivity contribution >= 4 is 21.5 Å². The van der Waals surface area contributed by atoms with Crippen molar-refractivity contribution in [2.24, 2.45) is 9.98 Å². The van der Waals surface area contributed by atoms with Crippen molar-refractivity contribution in [3.8, 4) is 11.5 Å². The minimum absolute atomic E-state index is 0.167. The molecule has 8 rings (SSSR count). The third-order valence-electron chi connectivity index (χ3n) is 7.38. The smallest absolute Gasteiger partial charge is 0.133 e. The molecule has 3 aromatic rings. The predicted octanol–water partition coefficient (Wildman–Crippen LogP) is 4.91. The lowest BCUT2D eigenvalue weighted by atomic mass is 9.94. The second kappa shape index (κ2) is 7.92. The number of phenolic OH excluding ortho intramolecular Hbond substituents is 2. The van der Waals surface area contributed by atoms with E-state index in [2.05, 4.69) is 65.2 Å². The number of rotatable bonds is 6. The van der Waals surface area contributed by atoms with E-state index >= 15 is 0 Å². The van der Waals surface area contributed by atoms with Crippen LogP contribution in [0.2, 0.25) is 0 Å². The Kier molecular flexibility index (Phi) is 5.37. The molecule has 2 unspecified atom stereocenters. The van der Waals surface area contributed by atoms with Crippen LogP contribution in [0, 0.1) is 0 Å². The predicted molar refractivity (Wildman–Crippen MR) is 137 cm³/mol. The van der Waals surface area contributed by atoms with E-state index in [1.807, 2.05) is 24.3 Å². The molecule has 8 bridgehead atoms. The molecule has 0 aliphatic carbocycles. The van der Waals surface area contributed by atoms with Crippen LogP contribution in [0.4, 0.5) is 0 Å². The van der Waals surface area contributed by atoms with Gasteiger partial charge < -0.3 is 10.2 Å². The van der Waals surface area contributed by atoms with Gasteiger partial charge in [0.05, 0.1) is 16.1 Å². The van der Waals surface area contributed by atoms with Gasteiger partial charge in [0.1, 0.15) is 23.8 Å². The summed E-state index contributed by atoms with van der Waals surface area (Å²) in [6, 6.07) is 9.02. The molecule has 0 radical (unpaired) electrons. The Morgan fingerprint density at radius 3 is 1.79 bits per heavy atom. The van der Waals surface area contributed by atoms with Crippen LogP contribution in [0.3, 0.4) is 0 Å². The van der Waals surface area contributed by atoms with Crippen molar-refractivity contribution in [2.75, 3.05) is 0 Å². The normalized spacial score (nSPS) is 19.1. The molecule has 5 heterocycles. The maximum atomic E-state index is 11.4. The molecule has 180 valence electrons. The Morgan fingerprint density at radius 2 is 1.21 bits per heavy atom. The molecule has 6 heteroatoms. The van der Waals surface area contributed by atoms with Crippen LogP contribution in [0.1, 0.15) is 78.8 Å². The van der Waals surface area contributed by atoms with Crippen LogP contribution in [0.5, 0.6) is 11.5 Å². The van der Waals surface area contributed by atoms with Gasteiger partial charge in [-0.25, -0.2) is 0 Å². The van der Waals surface area contributed by atoms with Gasteiger partial charge in [-0.05, 0) is 73.1 Å². The van der Waals surface area contributed by atoms with Crippen LogP contribution in [0.15, 0.2) is 34.3 Å². The fraction of sp³-hybridized carbons (Fsp3) is 0.500. The van der Waals surface area contributed by atoms with Gasteiger partial charge in [0.15, 0.2) is 0 Å². The van der Waals surface area contributed by atoms with Gasteiger partial charge in [0.2, 0.25) is 0 Å². The quantitative estimate of drug-likeness (QED) is 0.405. The monoisotopic (exact) mass is 460 g/mol. The van der Waals surface area contributed by atoms with Crippen LogP contribution < -0.4 is 10.7 Å². The highest BCUT2D eigenvalue weighted by Crippen LogP contribution is 2.44. The van der Waals surface area contributed by atoms with E-state index in [0.29, 0.717) is 26.9 Å². The van der Waals surface area contributed by atoms with Gasteiger partial charge in [-0.15, -0.1) is 0 Å². The summed E-state index contributed by atoms with van der Waals surface area (Å²) in [5, 5.41) is 26.9. The van der Waals surface area contributed by atoms with Crippen molar-refractivity contribution in [1.82, 2.24) is 9.80 Å². The van der Waals surface area contributed by atoms with Gasteiger partial charge in [-0.2, -0.15) is 0 Å². The second-order valence-corrected chi connectivity index (χ2v) is 10.9. The van der Waals surface area contributed by atoms with E-state index in [1.54, 1.807) is 0 Å². The zero-order valence-corrected chi connectivity index (χ0v) is 21.5. The summed E-state index contributed by atoms with van der Waals surface area (Å²) in [5.74, 6) is 0.372. The average Bonchev–Trinajstić information content (AvgIpc) is 2.96. The van der Waals surface area contributed by atoms with Crippen LogP contribution in [-0.4, -0.2) is 44.2 Å². The molecular weight excluding hydrogens is 424 g/mol. The molecular formula is C28H36N4O2. The Bertz CT molecular complexity index is 1410. The summed E-state index contributed by atoms with van der Waals surface area (Å²) in [5.41, 5.74) is 2.01. The maximum absolute atomic E-state index is 11.4. The van der Waals surface area contributed by atoms with Gasteiger partial charge in [-0.3, -0.25) is 19.8 Å². The van der Waals surface area contributed by atoms with Crippen LogP contribution in [-0.2, 0) is 0 Å². The van der Waals surface area contributed by atoms with E-state index in [1.165, 1.54) is 0 Å². The summed E-state index contributed by atoms with van der Waals surface area (Å²) in [7, 11) is 0. The summed E-state index contributed by atoms with van der Waals surface area (Å²) in [4.78, 5) is 15.3. The third kappa shape index (κ3) is 3.15. The molecule has 0 amide bonds. The third-order valence-corrected chi connectivity index (χ3v) is 7.38. The Morgan fingerprint density at radius 1 is 0.647 bits per heavy atom. The van der Waals surface area contributed by atoms with E-state index in [-0.39, 0.29) is 48.0 Å². The van der Waals surface area contributed by atoms with E-state index in [4.69, 9.17) is 9.98 Å². The minimum atomic E-state index is -0.226. The summed E-state index contributed by atoms with van der Waals surface area (Å²) in [6.45, 7) is 17.5. The van der Waals surface area contributed by atoms with Crippen molar-refractivity contribution in [3.05, 3.63) is 46.1 Å². The highest BCUT2D eigenvalue weighted by atomic mass is 16.3. The molecule has 0 aromatic heterocycles. The van der Waals surface area contributed by atoms with Gasteiger partial charge in [-0.1, -0.05) is 12.1 Å². The average molecular weight is 461 g/mol. The first kappa shape index (κ1) is 23.1. The van der Waals surface area contributed by atoms with Gasteiger partial charge >= 0.3 is 0 Å². The van der Waals surface area contributed by atoms with Crippen molar-refractivity contribution < 1.29 is 10.2 Å². The van der Waals surface area contributed by atoms with E-state index in [9.17, 15) is 10.2 Å². The lowest BCUT2D eigenvalue weighted by molar-refractivity contribution is 0.112. The minimum Gasteiger partial charge on any atom is -0.507 e. The molecule has 0 fully saturated rings. The van der Waals surface area contributed by atoms with Crippen LogP contribution in [0.25, 0.3) is 21.5 Å². The lowest BCUT2D eigenvalue weighted by Crippen LogP contribution is -2.42. The Labute approximate surface area is 201 Å². The van der Waals surface area contributed by atoms with E-state index in [0.717, 1.165) is 16.5 Å². The van der Waals surface area contributed by atoms with Crippen molar-refractivity contribution in [3.63, 3.8) is 0 Å². The molecule has 6 nitrogen and oxygen atoms in total. The fourth-order valence-electron chi connectivity index (χ4n) is 6.14. The molecule has 0 saturated heterocycles. The topological polar surface area (TPSA) is 71.7 Å². The molecule has 5 aliphatic heterocycles. The first-order valence-corrected chi connectivity index (χ1v) is 12.5. The fourth-order valence-corrected chi connectivity index (χ4v) is 6.14. The molecule has 2 atom stereocenters. The molecule has 0 saturated carbocycles. The van der Waals surface area contributed by atoms with Crippen molar-refractivity contribution in [1.29, 1.82) is 0 Å². The molecule has 5 aliphatic rings. The number of aromatic hydroxyl groups is 2. The Balaban J connectivity index is 1.96. The molecule has 34 heavy (non-hydrogen) atoms. The SMILES string of the molecule is CC(C)N(C(C)C)C1N=c2c3cc4c(O)c5cc1ccc5c(O)c4c2=NC3N(C(C)C)C(C)C. The number of hydrogen-bond acceptors (Lipinski definition) is 6. The second-order valence-electron chi connectivity index (χ2n) is 10.9. The molecule has 2 N–H and O–H groups in total. The zero-order chi connectivity index (χ0) is 24.6. The summed E-state index contributed by atoms with van der Waals surface area (Å²) in [6.07, 6.45) is -0.435. The number of nitrogens with zero attached hydrogens (tertiary/aromatic N) is 4. The van der Waals surface area contributed by atoms with E-state index < -0.39 is 0 Å². The number of benzene rings is 3. The largest absolute Gasteiger partial charge is 0.507 e. The highest BCUT2D eigenvalue weighted by Gasteiger charge is 2.35. The Hall–Kier alpha value is -2.70. The van der Waals surface area contributed by atoms with Crippen LogP contribution >= 0.6 is 0 Å². The number of phenols is 2. The summed E-state index contributed by atoms with van der Waals surface area (Å²) >= 11 is 0. The number of fused-ring (bicyclic) bond motifs is 1. The van der Waals surface area contributed by atoms with Gasteiger partial charge in [0, 0.05) is 45.9 Å². The molecule has 0 spiro atoms. The first-order chi connectivity index (χ1) is 16.0. The van der Waals surface area contributed by atoms with Crippen molar-refractivity contribution in [2.45, 2.75) is 91.9 Å². The standard InChI is InChI=1S/C28H36N4O2/c1-13(2)31(14(3)4)27-17-9-10-18-19(11-17)25(33)20-12-21-23(29-27)24(22(20)26(18)34)30-28(21)32(15(5)6)16(7)8/h9-16,27-28,33-34H,1-8H3. The summed E-state index contributed by atoms with van der Waals surface area (Å²) < 4.78 is 0. The first-order valence-electron chi connectivity index (χ1n) is 12.5. The number of hydrogen-bond donors (Lipinski definition) is 2. The molecule has 3 aromatic carbocycles.